The van der Waals surface area contributed by atoms with Gasteiger partial charge in [-0.25, -0.2) is 0 Å². The van der Waals surface area contributed by atoms with Crippen LogP contribution in [0.3, 0.4) is 0 Å². The third kappa shape index (κ3) is 4.69. The zero-order valence-corrected chi connectivity index (χ0v) is 13.4. The van der Waals surface area contributed by atoms with Crippen molar-refractivity contribution in [2.24, 2.45) is 10.4 Å². The number of guanidine groups is 1. The summed E-state index contributed by atoms with van der Waals surface area (Å²) in [5.41, 5.74) is -0.415. The summed E-state index contributed by atoms with van der Waals surface area (Å²) in [6.07, 6.45) is 0. The number of carbonyl (C=O) groups excluding carboxylic acids is 1. The first kappa shape index (κ1) is 16.5. The average Bonchev–Trinajstić information content (AvgIpc) is 2.61. The first-order valence-electron chi connectivity index (χ1n) is 5.75. The zero-order chi connectivity index (χ0) is 12.2. The Morgan fingerprint density at radius 3 is 2.65 bits per heavy atom. The smallest absolute Gasteiger partial charge is 0.227 e. The standard InChI is InChI=1S/C11H22N4O.HI/c1-5-12-9(16)11(2,3)8-14-10-13-6-7-15(10)4;/h5-8H2,1-4H3,(H,12,16)(H,13,14);1H. The molecule has 2 N–H and O–H groups in total. The van der Waals surface area contributed by atoms with Crippen molar-refractivity contribution in [3.63, 3.8) is 0 Å². The van der Waals surface area contributed by atoms with Gasteiger partial charge in [0, 0.05) is 26.7 Å². The number of nitrogens with zero attached hydrogens (tertiary/aromatic N) is 2. The lowest BCUT2D eigenvalue weighted by Crippen LogP contribution is -2.47. The Morgan fingerprint density at radius 1 is 1.53 bits per heavy atom. The molecule has 0 unspecified atom stereocenters. The lowest BCUT2D eigenvalue weighted by Gasteiger charge is -2.25. The zero-order valence-electron chi connectivity index (χ0n) is 11.0. The fraction of sp³-hybridized carbons (Fsp3) is 0.818. The second-order valence-electron chi connectivity index (χ2n) is 4.72. The predicted molar refractivity (Wildman–Crippen MR) is 80.8 cm³/mol. The van der Waals surface area contributed by atoms with E-state index in [4.69, 9.17) is 0 Å². The third-order valence-electron chi connectivity index (χ3n) is 2.70. The number of aliphatic imine (C=N–C) groups is 1. The molecule has 0 radical (unpaired) electrons. The van der Waals surface area contributed by atoms with Crippen LogP contribution in [0.2, 0.25) is 0 Å². The maximum atomic E-state index is 11.7. The van der Waals surface area contributed by atoms with Gasteiger partial charge in [0.15, 0.2) is 5.96 Å². The minimum atomic E-state index is -0.415. The van der Waals surface area contributed by atoms with E-state index in [0.29, 0.717) is 13.1 Å². The van der Waals surface area contributed by atoms with Crippen molar-refractivity contribution < 1.29 is 4.79 Å². The molecule has 5 nitrogen and oxygen atoms in total. The number of hydrogen-bond donors (Lipinski definition) is 2. The number of hydrogen-bond acceptors (Lipinski definition) is 4. The Labute approximate surface area is 120 Å². The van der Waals surface area contributed by atoms with Crippen LogP contribution in [0.4, 0.5) is 0 Å². The van der Waals surface area contributed by atoms with Crippen LogP contribution in [0, 0.1) is 5.41 Å². The predicted octanol–water partition coefficient (Wildman–Crippen LogP) is 0.658. The summed E-state index contributed by atoms with van der Waals surface area (Å²) in [4.78, 5) is 18.1. The minimum Gasteiger partial charge on any atom is -0.356 e. The average molecular weight is 354 g/mol. The molecule has 1 rings (SSSR count). The molecule has 0 fully saturated rings. The van der Waals surface area contributed by atoms with E-state index in [-0.39, 0.29) is 29.9 Å². The van der Waals surface area contributed by atoms with Crippen LogP contribution >= 0.6 is 24.0 Å². The summed E-state index contributed by atoms with van der Waals surface area (Å²) in [6.45, 7) is 8.84. The van der Waals surface area contributed by atoms with Crippen LogP contribution in [0.25, 0.3) is 0 Å². The van der Waals surface area contributed by atoms with Crippen LogP contribution in [0.15, 0.2) is 4.99 Å². The number of rotatable bonds is 4. The third-order valence-corrected chi connectivity index (χ3v) is 2.70. The van der Waals surface area contributed by atoms with E-state index in [1.54, 1.807) is 0 Å². The second kappa shape index (κ2) is 7.03. The molecule has 1 aliphatic heterocycles. The van der Waals surface area contributed by atoms with Gasteiger partial charge in [0.05, 0.1) is 12.0 Å². The number of likely N-dealkylation sites (N-methyl/N-ethyl adjacent to an activating group) is 1. The fourth-order valence-electron chi connectivity index (χ4n) is 1.50. The Balaban J connectivity index is 0.00000256. The van der Waals surface area contributed by atoms with E-state index in [9.17, 15) is 4.79 Å². The van der Waals surface area contributed by atoms with E-state index in [1.807, 2.05) is 27.8 Å². The van der Waals surface area contributed by atoms with Crippen molar-refractivity contribution in [1.29, 1.82) is 0 Å². The van der Waals surface area contributed by atoms with E-state index in [1.165, 1.54) is 0 Å². The molecule has 0 saturated carbocycles. The molecule has 1 aliphatic rings. The van der Waals surface area contributed by atoms with Crippen molar-refractivity contribution in [3.05, 3.63) is 0 Å². The van der Waals surface area contributed by atoms with Gasteiger partial charge in [0.25, 0.3) is 0 Å². The molecule has 17 heavy (non-hydrogen) atoms. The Kier molecular flexibility index (Phi) is 6.81. The minimum absolute atomic E-state index is 0. The van der Waals surface area contributed by atoms with Crippen molar-refractivity contribution >= 4 is 35.8 Å². The molecular formula is C11H23IN4O. The molecule has 0 atom stereocenters. The van der Waals surface area contributed by atoms with E-state index >= 15 is 0 Å². The van der Waals surface area contributed by atoms with Crippen LogP contribution in [0.5, 0.6) is 0 Å². The van der Waals surface area contributed by atoms with Gasteiger partial charge in [0.1, 0.15) is 0 Å². The molecule has 0 aromatic heterocycles. The number of nitrogens with one attached hydrogen (secondary N) is 2. The van der Waals surface area contributed by atoms with E-state index in [0.717, 1.165) is 19.0 Å². The molecular weight excluding hydrogens is 331 g/mol. The van der Waals surface area contributed by atoms with E-state index < -0.39 is 5.41 Å². The van der Waals surface area contributed by atoms with E-state index in [2.05, 4.69) is 20.5 Å². The Hall–Kier alpha value is -0.530. The highest BCUT2D eigenvalue weighted by Gasteiger charge is 2.28. The molecule has 1 amide bonds. The summed E-state index contributed by atoms with van der Waals surface area (Å²) < 4.78 is 0. The number of halogens is 1. The van der Waals surface area contributed by atoms with Crippen LogP contribution in [-0.2, 0) is 4.79 Å². The molecule has 0 spiro atoms. The summed E-state index contributed by atoms with van der Waals surface area (Å²) in [7, 11) is 2.00. The number of amides is 1. The number of carbonyl (C=O) groups is 1. The van der Waals surface area contributed by atoms with Crippen molar-refractivity contribution in [3.8, 4) is 0 Å². The fourth-order valence-corrected chi connectivity index (χ4v) is 1.50. The van der Waals surface area contributed by atoms with Crippen LogP contribution < -0.4 is 10.6 Å². The van der Waals surface area contributed by atoms with Gasteiger partial charge in [-0.2, -0.15) is 0 Å². The van der Waals surface area contributed by atoms with Gasteiger partial charge < -0.3 is 15.5 Å². The second-order valence-corrected chi connectivity index (χ2v) is 4.72. The molecule has 1 heterocycles. The molecule has 0 aromatic carbocycles. The SMILES string of the molecule is CCNC(=O)C(C)(C)CNC1=NCCN1C.I. The van der Waals surface area contributed by atoms with Gasteiger partial charge in [0.2, 0.25) is 5.91 Å². The molecule has 0 aromatic rings. The normalized spacial score (nSPS) is 15.1. The largest absolute Gasteiger partial charge is 0.356 e. The van der Waals surface area contributed by atoms with Crippen LogP contribution in [0.1, 0.15) is 20.8 Å². The molecule has 0 aliphatic carbocycles. The highest BCUT2D eigenvalue weighted by atomic mass is 127. The Bertz CT molecular complexity index is 291. The summed E-state index contributed by atoms with van der Waals surface area (Å²) >= 11 is 0. The quantitative estimate of drug-likeness (QED) is 0.730. The maximum Gasteiger partial charge on any atom is 0.227 e. The summed E-state index contributed by atoms with van der Waals surface area (Å²) in [5, 5.41) is 6.07. The monoisotopic (exact) mass is 354 g/mol. The maximum absolute atomic E-state index is 11.7. The van der Waals surface area contributed by atoms with Gasteiger partial charge >= 0.3 is 0 Å². The van der Waals surface area contributed by atoms with Crippen molar-refractivity contribution in [2.45, 2.75) is 20.8 Å². The molecule has 100 valence electrons. The molecule has 0 saturated heterocycles. The van der Waals surface area contributed by atoms with Crippen molar-refractivity contribution in [1.82, 2.24) is 15.5 Å². The van der Waals surface area contributed by atoms with Crippen LogP contribution in [-0.4, -0.2) is 50.0 Å². The lowest BCUT2D eigenvalue weighted by atomic mass is 9.92. The van der Waals surface area contributed by atoms with Gasteiger partial charge in [-0.3, -0.25) is 9.79 Å². The summed E-state index contributed by atoms with van der Waals surface area (Å²) in [6, 6.07) is 0. The lowest BCUT2D eigenvalue weighted by molar-refractivity contribution is -0.128. The topological polar surface area (TPSA) is 56.7 Å². The summed E-state index contributed by atoms with van der Waals surface area (Å²) in [5.74, 6) is 0.959. The first-order valence-corrected chi connectivity index (χ1v) is 5.75. The van der Waals surface area contributed by atoms with Crippen molar-refractivity contribution in [2.75, 3.05) is 33.2 Å². The molecule has 0 bridgehead atoms. The highest BCUT2D eigenvalue weighted by Crippen LogP contribution is 2.13. The Morgan fingerprint density at radius 2 is 2.18 bits per heavy atom. The van der Waals surface area contributed by atoms with Gasteiger partial charge in [-0.1, -0.05) is 0 Å². The first-order chi connectivity index (χ1) is 7.47. The van der Waals surface area contributed by atoms with Gasteiger partial charge in [-0.15, -0.1) is 24.0 Å². The highest BCUT2D eigenvalue weighted by molar-refractivity contribution is 14.0. The molecule has 6 heteroatoms. The van der Waals surface area contributed by atoms with Gasteiger partial charge in [-0.05, 0) is 20.8 Å².